The number of nitrogens with zero attached hydrogens (tertiary/aromatic N) is 5. The summed E-state index contributed by atoms with van der Waals surface area (Å²) >= 11 is 0. The molecule has 6 rings (SSSR count). The van der Waals surface area contributed by atoms with Gasteiger partial charge in [-0.15, -0.1) is 0 Å². The number of halogens is 1. The second-order valence-corrected chi connectivity index (χ2v) is 7.97. The molecule has 2 aliphatic heterocycles. The van der Waals surface area contributed by atoms with E-state index in [2.05, 4.69) is 30.3 Å². The van der Waals surface area contributed by atoms with Crippen LogP contribution in [0.5, 0.6) is 0 Å². The summed E-state index contributed by atoms with van der Waals surface area (Å²) in [6.45, 7) is 0.713. The Kier molecular flexibility index (Phi) is 3.85. The highest BCUT2D eigenvalue weighted by atomic mass is 19.1. The van der Waals surface area contributed by atoms with Crippen molar-refractivity contribution in [2.45, 2.75) is 31.6 Å². The Balaban J connectivity index is 1.36. The molecule has 3 aliphatic rings. The fourth-order valence-corrected chi connectivity index (χ4v) is 4.29. The fraction of sp³-hybridized carbons (Fsp3) is 0.333. The monoisotopic (exact) mass is 405 g/mol. The van der Waals surface area contributed by atoms with Crippen LogP contribution in [0, 0.1) is 11.7 Å². The highest BCUT2D eigenvalue weighted by Gasteiger charge is 2.38. The van der Waals surface area contributed by atoms with Gasteiger partial charge in [0.05, 0.1) is 23.3 Å². The number of aromatic nitrogens is 4. The van der Waals surface area contributed by atoms with Crippen LogP contribution in [0.15, 0.2) is 47.5 Å². The lowest BCUT2D eigenvalue weighted by Crippen LogP contribution is -2.49. The average Bonchev–Trinajstić information content (AvgIpc) is 3.34. The number of carbonyl (C=O) groups excluding carboxylic acids is 1. The van der Waals surface area contributed by atoms with Gasteiger partial charge in [0.1, 0.15) is 17.4 Å². The number of pyridine rings is 1. The summed E-state index contributed by atoms with van der Waals surface area (Å²) in [5, 5.41) is 7.90. The summed E-state index contributed by atoms with van der Waals surface area (Å²) in [6, 6.07) is 4.54. The van der Waals surface area contributed by atoms with E-state index in [1.54, 1.807) is 41.6 Å². The van der Waals surface area contributed by atoms with Crippen molar-refractivity contribution in [1.29, 1.82) is 0 Å². The number of allylic oxidation sites excluding steroid dienone is 1. The molecular weight excluding hydrogens is 385 g/mol. The zero-order chi connectivity index (χ0) is 20.2. The Bertz CT molecular complexity index is 1210. The number of fused-ring (bicyclic) bond motifs is 2. The Morgan fingerprint density at radius 3 is 2.97 bits per heavy atom. The number of hydrogen-bond donors (Lipinski definition) is 2. The predicted octanol–water partition coefficient (Wildman–Crippen LogP) is 1.96. The summed E-state index contributed by atoms with van der Waals surface area (Å²) in [5.41, 5.74) is 3.67. The Labute approximate surface area is 171 Å². The number of aliphatic imine (C=N–C) groups is 1. The number of nitrogens with one attached hydrogen (secondary N) is 2. The summed E-state index contributed by atoms with van der Waals surface area (Å²) < 4.78 is 15.8. The molecule has 0 amide bonds. The van der Waals surface area contributed by atoms with E-state index < -0.39 is 0 Å². The van der Waals surface area contributed by atoms with E-state index in [1.165, 1.54) is 6.07 Å². The quantitative estimate of drug-likeness (QED) is 0.693. The van der Waals surface area contributed by atoms with E-state index in [-0.39, 0.29) is 29.8 Å². The molecule has 0 spiro atoms. The molecule has 8 nitrogen and oxygen atoms in total. The average molecular weight is 405 g/mol. The van der Waals surface area contributed by atoms with Crippen LogP contribution in [0.2, 0.25) is 0 Å². The van der Waals surface area contributed by atoms with Crippen LogP contribution in [-0.4, -0.2) is 49.3 Å². The number of Topliss-reactive ketones (excluding diaryl/α,β-unsaturated/α-hetero) is 1. The van der Waals surface area contributed by atoms with Gasteiger partial charge < -0.3 is 10.3 Å². The molecule has 5 heterocycles. The van der Waals surface area contributed by atoms with Crippen LogP contribution in [0.3, 0.4) is 0 Å². The molecule has 3 aromatic heterocycles. The highest BCUT2D eigenvalue weighted by molar-refractivity contribution is 6.15. The Morgan fingerprint density at radius 2 is 2.20 bits per heavy atom. The minimum absolute atomic E-state index is 0.156. The van der Waals surface area contributed by atoms with Gasteiger partial charge in [0, 0.05) is 43.2 Å². The van der Waals surface area contributed by atoms with Crippen LogP contribution >= 0.6 is 0 Å². The molecule has 30 heavy (non-hydrogen) atoms. The SMILES string of the molecule is O=C(C1=CNC(N2CCc3[nH]cnc3[C@@H]2c2cc3c(F)cccn3n2)N=C1)C1CC1. The minimum atomic E-state index is -0.356. The van der Waals surface area contributed by atoms with E-state index in [4.69, 9.17) is 0 Å². The number of aromatic amines is 1. The van der Waals surface area contributed by atoms with Crippen molar-refractivity contribution in [3.05, 3.63) is 65.4 Å². The first-order chi connectivity index (χ1) is 14.7. The van der Waals surface area contributed by atoms with E-state index in [0.29, 0.717) is 23.3 Å². The van der Waals surface area contributed by atoms with Crippen molar-refractivity contribution in [2.75, 3.05) is 6.54 Å². The minimum Gasteiger partial charge on any atom is -0.357 e. The molecule has 2 atom stereocenters. The fourth-order valence-electron chi connectivity index (χ4n) is 4.29. The van der Waals surface area contributed by atoms with Gasteiger partial charge >= 0.3 is 0 Å². The third-order valence-corrected chi connectivity index (χ3v) is 6.00. The molecule has 0 aromatic carbocycles. The van der Waals surface area contributed by atoms with Crippen molar-refractivity contribution in [3.8, 4) is 0 Å². The van der Waals surface area contributed by atoms with Crippen molar-refractivity contribution >= 4 is 17.5 Å². The van der Waals surface area contributed by atoms with Crippen LogP contribution in [0.25, 0.3) is 5.52 Å². The number of ketones is 1. The maximum absolute atomic E-state index is 14.3. The zero-order valence-corrected chi connectivity index (χ0v) is 16.1. The molecule has 9 heteroatoms. The first-order valence-corrected chi connectivity index (χ1v) is 10.1. The highest BCUT2D eigenvalue weighted by Crippen LogP contribution is 2.36. The van der Waals surface area contributed by atoms with Gasteiger partial charge in [-0.05, 0) is 31.0 Å². The van der Waals surface area contributed by atoms with Crippen LogP contribution < -0.4 is 5.32 Å². The van der Waals surface area contributed by atoms with E-state index in [1.807, 2.05) is 0 Å². The van der Waals surface area contributed by atoms with Gasteiger partial charge in [0.25, 0.3) is 0 Å². The molecule has 152 valence electrons. The third kappa shape index (κ3) is 2.77. The molecule has 0 saturated heterocycles. The third-order valence-electron chi connectivity index (χ3n) is 6.00. The summed E-state index contributed by atoms with van der Waals surface area (Å²) in [4.78, 5) is 26.8. The maximum atomic E-state index is 14.3. The largest absolute Gasteiger partial charge is 0.357 e. The van der Waals surface area contributed by atoms with Crippen LogP contribution in [-0.2, 0) is 11.2 Å². The van der Waals surface area contributed by atoms with Crippen molar-refractivity contribution < 1.29 is 9.18 Å². The zero-order valence-electron chi connectivity index (χ0n) is 16.1. The number of rotatable bonds is 4. The molecule has 1 aliphatic carbocycles. The number of hydrogen-bond acceptors (Lipinski definition) is 6. The molecule has 1 unspecified atom stereocenters. The molecular formula is C21H20FN7O. The van der Waals surface area contributed by atoms with Gasteiger partial charge in [-0.25, -0.2) is 13.9 Å². The standard InChI is InChI=1S/C21H20FN7O/c22-14-2-1-6-29-17(14)8-16(27-29)19-18-15(25-11-26-18)5-7-28(19)21-23-9-13(10-24-21)20(30)12-3-4-12/h1-2,6,8-12,19,21,23H,3-5,7H2,(H,25,26)/t19-,21?/m0/s1. The van der Waals surface area contributed by atoms with Crippen molar-refractivity contribution in [2.24, 2.45) is 10.9 Å². The van der Waals surface area contributed by atoms with Crippen molar-refractivity contribution in [1.82, 2.24) is 29.8 Å². The molecule has 1 fully saturated rings. The van der Waals surface area contributed by atoms with Crippen molar-refractivity contribution in [3.63, 3.8) is 0 Å². The molecule has 1 saturated carbocycles. The predicted molar refractivity (Wildman–Crippen MR) is 107 cm³/mol. The van der Waals surface area contributed by atoms with Gasteiger partial charge in [0.2, 0.25) is 0 Å². The normalized spacial score (nSPS) is 23.8. The summed E-state index contributed by atoms with van der Waals surface area (Å²) in [7, 11) is 0. The second-order valence-electron chi connectivity index (χ2n) is 7.97. The Hall–Kier alpha value is -3.33. The lowest BCUT2D eigenvalue weighted by Gasteiger charge is -2.38. The number of H-pyrrole nitrogens is 1. The lowest BCUT2D eigenvalue weighted by molar-refractivity contribution is -0.116. The second kappa shape index (κ2) is 6.60. The van der Waals surface area contributed by atoms with E-state index in [0.717, 1.165) is 30.7 Å². The number of carbonyl (C=O) groups is 1. The topological polar surface area (TPSA) is 90.7 Å². The summed E-state index contributed by atoms with van der Waals surface area (Å²) in [6.07, 6.45) is 9.21. The first kappa shape index (κ1) is 17.5. The van der Waals surface area contributed by atoms with E-state index >= 15 is 0 Å². The van der Waals surface area contributed by atoms with E-state index in [9.17, 15) is 9.18 Å². The number of imidazole rings is 1. The lowest BCUT2D eigenvalue weighted by atomic mass is 9.99. The van der Waals surface area contributed by atoms with Crippen LogP contribution in [0.1, 0.15) is 36.0 Å². The molecule has 0 bridgehead atoms. The molecule has 2 N–H and O–H groups in total. The van der Waals surface area contributed by atoms with Gasteiger partial charge in [-0.1, -0.05) is 0 Å². The maximum Gasteiger partial charge on any atom is 0.176 e. The first-order valence-electron chi connectivity index (χ1n) is 10.1. The van der Waals surface area contributed by atoms with Gasteiger partial charge in [0.15, 0.2) is 12.1 Å². The summed E-state index contributed by atoms with van der Waals surface area (Å²) in [5.74, 6) is -0.00517. The molecule has 3 aromatic rings. The van der Waals surface area contributed by atoms with Gasteiger partial charge in [-0.3, -0.25) is 14.7 Å². The van der Waals surface area contributed by atoms with Gasteiger partial charge in [-0.2, -0.15) is 5.10 Å². The van der Waals surface area contributed by atoms with Crippen LogP contribution in [0.4, 0.5) is 4.39 Å². The Morgan fingerprint density at radius 1 is 1.30 bits per heavy atom. The smallest absolute Gasteiger partial charge is 0.176 e. The molecule has 0 radical (unpaired) electrons.